The van der Waals surface area contributed by atoms with Gasteiger partial charge in [0.15, 0.2) is 0 Å². The first kappa shape index (κ1) is 32.1. The average molecular weight is 497 g/mol. The van der Waals surface area contributed by atoms with Crippen LogP contribution in [0.15, 0.2) is 41.0 Å². The molecule has 0 aliphatic rings. The van der Waals surface area contributed by atoms with Crippen molar-refractivity contribution in [2.45, 2.75) is 149 Å². The number of nitrogens with zero attached hydrogens (tertiary/aromatic N) is 1. The van der Waals surface area contributed by atoms with Crippen molar-refractivity contribution in [3.8, 4) is 0 Å². The van der Waals surface area contributed by atoms with Gasteiger partial charge in [-0.15, -0.1) is 0 Å². The molecule has 204 valence electrons. The van der Waals surface area contributed by atoms with E-state index in [0.717, 1.165) is 25.7 Å². The van der Waals surface area contributed by atoms with E-state index in [0.29, 0.717) is 6.42 Å². The van der Waals surface area contributed by atoms with Crippen LogP contribution in [-0.4, -0.2) is 12.1 Å². The highest BCUT2D eigenvalue weighted by Crippen LogP contribution is 2.15. The van der Waals surface area contributed by atoms with Gasteiger partial charge in [0.1, 0.15) is 0 Å². The van der Waals surface area contributed by atoms with Gasteiger partial charge >= 0.3 is 0 Å². The Morgan fingerprint density at radius 3 is 1.61 bits per heavy atom. The lowest BCUT2D eigenvalue weighted by Crippen LogP contribution is -2.17. The monoisotopic (exact) mass is 496 g/mol. The third-order valence-electron chi connectivity index (χ3n) is 6.90. The molecule has 3 nitrogen and oxygen atoms in total. The Morgan fingerprint density at radius 1 is 0.639 bits per heavy atom. The molecular weight excluding hydrogens is 440 g/mol. The molecule has 0 unspecified atom stereocenters. The smallest absolute Gasteiger partial charge is 0.240 e. The lowest BCUT2D eigenvalue weighted by Gasteiger charge is -2.04. The maximum Gasteiger partial charge on any atom is 0.240 e. The maximum absolute atomic E-state index is 12.2. The summed E-state index contributed by atoms with van der Waals surface area (Å²) in [6, 6.07) is 10.3. The molecule has 1 amide bonds. The normalized spacial score (nSPS) is 11.9. The zero-order valence-electron chi connectivity index (χ0n) is 23.7. The van der Waals surface area contributed by atoms with Crippen LogP contribution in [-0.2, 0) is 4.79 Å². The fraction of sp³-hybridized carbons (Fsp3) is 0.697. The second kappa shape index (κ2) is 24.8. The van der Waals surface area contributed by atoms with Crippen molar-refractivity contribution in [1.29, 1.82) is 0 Å². The molecule has 0 heterocycles. The molecule has 0 saturated heterocycles. The van der Waals surface area contributed by atoms with E-state index >= 15 is 0 Å². The maximum atomic E-state index is 12.2. The minimum atomic E-state index is 0.0333. The fourth-order valence-corrected chi connectivity index (χ4v) is 4.59. The van der Waals surface area contributed by atoms with Crippen molar-refractivity contribution in [3.63, 3.8) is 0 Å². The quantitative estimate of drug-likeness (QED) is 0.0863. The molecule has 0 fully saturated rings. The summed E-state index contributed by atoms with van der Waals surface area (Å²) in [5.41, 5.74) is 5.09. The van der Waals surface area contributed by atoms with E-state index in [4.69, 9.17) is 0 Å². The molecule has 0 radical (unpaired) electrons. The first-order valence-electron chi connectivity index (χ1n) is 15.3. The van der Waals surface area contributed by atoms with Gasteiger partial charge in [-0.2, -0.15) is 5.10 Å². The number of amides is 1. The summed E-state index contributed by atoms with van der Waals surface area (Å²) < 4.78 is 0. The third kappa shape index (κ3) is 20.3. The predicted molar refractivity (Wildman–Crippen MR) is 159 cm³/mol. The highest BCUT2D eigenvalue weighted by atomic mass is 16.2. The average Bonchev–Trinajstić information content (AvgIpc) is 2.89. The Hall–Kier alpha value is -1.90. The minimum Gasteiger partial charge on any atom is -0.273 e. The molecule has 3 heteroatoms. The third-order valence-corrected chi connectivity index (χ3v) is 6.90. The molecule has 0 aromatic heterocycles. The van der Waals surface area contributed by atoms with Crippen LogP contribution >= 0.6 is 0 Å². The minimum absolute atomic E-state index is 0.0333. The second-order valence-corrected chi connectivity index (χ2v) is 10.4. The Kier molecular flexibility index (Phi) is 22.1. The van der Waals surface area contributed by atoms with E-state index in [1.165, 1.54) is 114 Å². The number of benzene rings is 1. The fourth-order valence-electron chi connectivity index (χ4n) is 4.59. The van der Waals surface area contributed by atoms with E-state index in [9.17, 15) is 4.79 Å². The summed E-state index contributed by atoms with van der Waals surface area (Å²) in [7, 11) is 0. The molecular formula is C33H56N2O. The summed E-state index contributed by atoms with van der Waals surface area (Å²) in [5, 5.41) is 4.26. The van der Waals surface area contributed by atoms with Crippen LogP contribution in [0.4, 0.5) is 0 Å². The molecule has 0 bridgehead atoms. The van der Waals surface area contributed by atoms with Crippen LogP contribution in [0.25, 0.3) is 6.08 Å². The molecule has 0 spiro atoms. The largest absolute Gasteiger partial charge is 0.273 e. The number of hydrogen-bond acceptors (Lipinski definition) is 2. The molecule has 0 aliphatic heterocycles. The summed E-state index contributed by atoms with van der Waals surface area (Å²) in [4.78, 5) is 12.2. The number of hydrazone groups is 1. The molecule has 1 rings (SSSR count). The molecule has 36 heavy (non-hydrogen) atoms. The van der Waals surface area contributed by atoms with Crippen molar-refractivity contribution in [3.05, 3.63) is 41.5 Å². The molecule has 1 aromatic rings. The van der Waals surface area contributed by atoms with Gasteiger partial charge in [-0.25, -0.2) is 5.43 Å². The molecule has 0 aliphatic carbocycles. The summed E-state index contributed by atoms with van der Waals surface area (Å²) in [6.07, 6.45) is 30.6. The first-order valence-corrected chi connectivity index (χ1v) is 15.3. The number of allylic oxidation sites excluding steroid dienone is 1. The van der Waals surface area contributed by atoms with Crippen LogP contribution in [0.3, 0.4) is 0 Å². The molecule has 0 saturated carbocycles. The van der Waals surface area contributed by atoms with Gasteiger partial charge in [-0.05, 0) is 30.4 Å². The highest BCUT2D eigenvalue weighted by Gasteiger charge is 2.01. The lowest BCUT2D eigenvalue weighted by atomic mass is 10.0. The van der Waals surface area contributed by atoms with Crippen molar-refractivity contribution in [2.24, 2.45) is 5.10 Å². The number of hydrogen-bond donors (Lipinski definition) is 1. The highest BCUT2D eigenvalue weighted by molar-refractivity contribution is 5.86. The van der Waals surface area contributed by atoms with Gasteiger partial charge in [-0.3, -0.25) is 4.79 Å². The van der Waals surface area contributed by atoms with Crippen LogP contribution in [0.5, 0.6) is 0 Å². The van der Waals surface area contributed by atoms with Gasteiger partial charge in [0, 0.05) is 6.42 Å². The van der Waals surface area contributed by atoms with Crippen LogP contribution in [0, 0.1) is 0 Å². The zero-order valence-corrected chi connectivity index (χ0v) is 23.7. The van der Waals surface area contributed by atoms with E-state index in [1.807, 2.05) is 12.3 Å². The van der Waals surface area contributed by atoms with Gasteiger partial charge in [0.2, 0.25) is 5.91 Å². The van der Waals surface area contributed by atoms with Gasteiger partial charge in [0.25, 0.3) is 0 Å². The van der Waals surface area contributed by atoms with E-state index in [-0.39, 0.29) is 5.91 Å². The van der Waals surface area contributed by atoms with E-state index in [2.05, 4.69) is 54.7 Å². The number of carbonyl (C=O) groups is 1. The van der Waals surface area contributed by atoms with E-state index < -0.39 is 0 Å². The van der Waals surface area contributed by atoms with E-state index in [1.54, 1.807) is 0 Å². The second-order valence-electron chi connectivity index (χ2n) is 10.4. The summed E-state index contributed by atoms with van der Waals surface area (Å²) in [5.74, 6) is 0.0333. The van der Waals surface area contributed by atoms with Crippen LogP contribution in [0.1, 0.15) is 154 Å². The standard InChI is InChI=1S/C33H56N2O/c1-3-5-7-9-10-11-12-13-14-15-16-17-18-19-24-28-33(36)35-34-30-32(27-21-8-6-4-2)29-31-25-22-20-23-26-31/h20,22-23,25-26,29-30H,3-19,21,24,27-28H2,1-2H3,(H,35,36)/b32-29-,34-30+. The zero-order chi connectivity index (χ0) is 25.9. The van der Waals surface area contributed by atoms with Crippen molar-refractivity contribution in [1.82, 2.24) is 5.43 Å². The Balaban J connectivity index is 2.08. The van der Waals surface area contributed by atoms with Gasteiger partial charge in [-0.1, -0.05) is 159 Å². The number of nitrogens with one attached hydrogen (secondary N) is 1. The summed E-state index contributed by atoms with van der Waals surface area (Å²) >= 11 is 0. The Labute approximate surface area is 223 Å². The number of carbonyl (C=O) groups excluding carboxylic acids is 1. The van der Waals surface area contributed by atoms with Crippen LogP contribution < -0.4 is 5.43 Å². The van der Waals surface area contributed by atoms with Gasteiger partial charge < -0.3 is 0 Å². The van der Waals surface area contributed by atoms with Crippen molar-refractivity contribution >= 4 is 18.2 Å². The van der Waals surface area contributed by atoms with Crippen molar-refractivity contribution in [2.75, 3.05) is 0 Å². The molecule has 1 N–H and O–H groups in total. The Bertz CT molecular complexity index is 680. The number of rotatable bonds is 24. The predicted octanol–water partition coefficient (Wildman–Crippen LogP) is 10.4. The molecule has 0 atom stereocenters. The topological polar surface area (TPSA) is 41.5 Å². The Morgan fingerprint density at radius 2 is 1.08 bits per heavy atom. The molecule has 1 aromatic carbocycles. The number of unbranched alkanes of at least 4 members (excludes halogenated alkanes) is 17. The SMILES string of the molecule is CCCCCCCCCCCCCCCCCC(=O)N/N=C/C(=C\c1ccccc1)CCCCCC. The summed E-state index contributed by atoms with van der Waals surface area (Å²) in [6.45, 7) is 4.52. The van der Waals surface area contributed by atoms with Crippen molar-refractivity contribution < 1.29 is 4.79 Å². The van der Waals surface area contributed by atoms with Crippen LogP contribution in [0.2, 0.25) is 0 Å². The first-order chi connectivity index (χ1) is 17.8. The lowest BCUT2D eigenvalue weighted by molar-refractivity contribution is -0.121. The van der Waals surface area contributed by atoms with Gasteiger partial charge in [0.05, 0.1) is 6.21 Å².